The second-order valence-electron chi connectivity index (χ2n) is 8.00. The van der Waals surface area contributed by atoms with Gasteiger partial charge in [0.1, 0.15) is 12.1 Å². The summed E-state index contributed by atoms with van der Waals surface area (Å²) >= 11 is 0. The standard InChI is InChI=1S/C25H24N8/c1-17(18-7-5-4-6-8-18)28-25-26-14-13-23(29-25)33-16-27-21-15-19(9-11-22(21)33)20-10-12-24(31-30-20)32(2)3/h4-17H,1-3H3,(H,26,28,29). The number of aromatic nitrogens is 6. The maximum atomic E-state index is 4.71. The quantitative estimate of drug-likeness (QED) is 0.419. The molecule has 0 saturated heterocycles. The van der Waals surface area contributed by atoms with Gasteiger partial charge in [0.2, 0.25) is 5.95 Å². The summed E-state index contributed by atoms with van der Waals surface area (Å²) in [7, 11) is 3.89. The maximum absolute atomic E-state index is 4.71. The van der Waals surface area contributed by atoms with E-state index in [-0.39, 0.29) is 6.04 Å². The molecule has 0 aliphatic rings. The van der Waals surface area contributed by atoms with Crippen molar-refractivity contribution in [3.63, 3.8) is 0 Å². The Bertz CT molecular complexity index is 1380. The lowest BCUT2D eigenvalue weighted by molar-refractivity contribution is 0.854. The number of fused-ring (bicyclic) bond motifs is 1. The normalized spacial score (nSPS) is 12.0. The Morgan fingerprint density at radius 3 is 2.52 bits per heavy atom. The zero-order chi connectivity index (χ0) is 22.8. The van der Waals surface area contributed by atoms with Gasteiger partial charge in [-0.15, -0.1) is 10.2 Å². The molecule has 8 heteroatoms. The minimum atomic E-state index is 0.0866. The average Bonchev–Trinajstić information content (AvgIpc) is 3.28. The molecule has 0 aliphatic heterocycles. The number of imidazole rings is 1. The molecule has 0 saturated carbocycles. The van der Waals surface area contributed by atoms with Gasteiger partial charge in [-0.25, -0.2) is 9.97 Å². The Kier molecular flexibility index (Phi) is 5.40. The van der Waals surface area contributed by atoms with E-state index >= 15 is 0 Å². The molecule has 0 radical (unpaired) electrons. The topological polar surface area (TPSA) is 84.7 Å². The number of benzene rings is 2. The van der Waals surface area contributed by atoms with Crippen molar-refractivity contribution in [2.45, 2.75) is 13.0 Å². The monoisotopic (exact) mass is 436 g/mol. The molecule has 0 spiro atoms. The summed E-state index contributed by atoms with van der Waals surface area (Å²) in [6.45, 7) is 2.09. The fourth-order valence-corrected chi connectivity index (χ4v) is 3.64. The van der Waals surface area contributed by atoms with Crippen LogP contribution in [0.3, 0.4) is 0 Å². The predicted molar refractivity (Wildman–Crippen MR) is 130 cm³/mol. The van der Waals surface area contributed by atoms with Crippen LogP contribution in [0.5, 0.6) is 0 Å². The van der Waals surface area contributed by atoms with Gasteiger partial charge in [0, 0.05) is 25.9 Å². The van der Waals surface area contributed by atoms with Crippen LogP contribution < -0.4 is 10.2 Å². The van der Waals surface area contributed by atoms with Gasteiger partial charge in [-0.2, -0.15) is 4.98 Å². The van der Waals surface area contributed by atoms with Crippen molar-refractivity contribution in [2.75, 3.05) is 24.3 Å². The Hall–Kier alpha value is -4.33. The summed E-state index contributed by atoms with van der Waals surface area (Å²) in [5.74, 6) is 2.13. The molecule has 1 atom stereocenters. The highest BCUT2D eigenvalue weighted by Crippen LogP contribution is 2.25. The number of hydrogen-bond acceptors (Lipinski definition) is 7. The van der Waals surface area contributed by atoms with E-state index in [1.165, 1.54) is 5.56 Å². The van der Waals surface area contributed by atoms with Crippen molar-refractivity contribution in [1.29, 1.82) is 0 Å². The predicted octanol–water partition coefficient (Wildman–Crippen LogP) is 4.51. The van der Waals surface area contributed by atoms with Crippen LogP contribution in [-0.2, 0) is 0 Å². The molecule has 3 aromatic heterocycles. The van der Waals surface area contributed by atoms with Crippen molar-refractivity contribution in [1.82, 2.24) is 29.7 Å². The Morgan fingerprint density at radius 1 is 0.909 bits per heavy atom. The van der Waals surface area contributed by atoms with Crippen LogP contribution in [0, 0.1) is 0 Å². The fourth-order valence-electron chi connectivity index (χ4n) is 3.64. The van der Waals surface area contributed by atoms with E-state index < -0.39 is 0 Å². The van der Waals surface area contributed by atoms with Gasteiger partial charge < -0.3 is 10.2 Å². The number of anilines is 2. The third-order valence-corrected chi connectivity index (χ3v) is 5.48. The lowest BCUT2D eigenvalue weighted by atomic mass is 10.1. The minimum absolute atomic E-state index is 0.0866. The Labute approximate surface area is 192 Å². The van der Waals surface area contributed by atoms with Gasteiger partial charge in [-0.05, 0) is 42.8 Å². The molecule has 8 nitrogen and oxygen atoms in total. The SMILES string of the molecule is CC(Nc1nccc(-n2cnc3cc(-c4ccc(N(C)C)nn4)ccc32)n1)c1ccccc1. The second kappa shape index (κ2) is 8.66. The fraction of sp³-hybridized carbons (Fsp3) is 0.160. The highest BCUT2D eigenvalue weighted by Gasteiger charge is 2.11. The molecular formula is C25H24N8. The van der Waals surface area contributed by atoms with Crippen LogP contribution in [-0.4, -0.2) is 43.8 Å². The van der Waals surface area contributed by atoms with E-state index in [9.17, 15) is 0 Å². The lowest BCUT2D eigenvalue weighted by Crippen LogP contribution is -2.11. The largest absolute Gasteiger partial charge is 0.361 e. The lowest BCUT2D eigenvalue weighted by Gasteiger charge is -2.14. The van der Waals surface area contributed by atoms with E-state index in [2.05, 4.69) is 44.5 Å². The zero-order valence-electron chi connectivity index (χ0n) is 18.7. The van der Waals surface area contributed by atoms with Crippen molar-refractivity contribution in [3.05, 3.63) is 84.8 Å². The first-order valence-electron chi connectivity index (χ1n) is 10.7. The van der Waals surface area contributed by atoms with Crippen LogP contribution >= 0.6 is 0 Å². The van der Waals surface area contributed by atoms with Crippen molar-refractivity contribution < 1.29 is 0 Å². The molecule has 5 aromatic rings. The number of nitrogens with one attached hydrogen (secondary N) is 1. The molecule has 1 N–H and O–H groups in total. The van der Waals surface area contributed by atoms with E-state index in [1.54, 1.807) is 12.5 Å². The first-order valence-corrected chi connectivity index (χ1v) is 10.7. The maximum Gasteiger partial charge on any atom is 0.225 e. The van der Waals surface area contributed by atoms with Crippen LogP contribution in [0.25, 0.3) is 28.1 Å². The van der Waals surface area contributed by atoms with Gasteiger partial charge in [0.15, 0.2) is 5.82 Å². The number of nitrogens with zero attached hydrogens (tertiary/aromatic N) is 7. The van der Waals surface area contributed by atoms with Gasteiger partial charge in [-0.1, -0.05) is 36.4 Å². The first kappa shape index (κ1) is 20.6. The zero-order valence-corrected chi connectivity index (χ0v) is 18.7. The molecule has 164 valence electrons. The van der Waals surface area contributed by atoms with Crippen LogP contribution in [0.15, 0.2) is 79.3 Å². The molecule has 5 rings (SSSR count). The third-order valence-electron chi connectivity index (χ3n) is 5.48. The van der Waals surface area contributed by atoms with Crippen molar-refractivity contribution in [2.24, 2.45) is 0 Å². The highest BCUT2D eigenvalue weighted by atomic mass is 15.2. The molecule has 0 bridgehead atoms. The summed E-state index contributed by atoms with van der Waals surface area (Å²) in [4.78, 5) is 15.6. The van der Waals surface area contributed by atoms with E-state index in [1.807, 2.05) is 78.2 Å². The Morgan fingerprint density at radius 2 is 1.76 bits per heavy atom. The molecular weight excluding hydrogens is 412 g/mol. The summed E-state index contributed by atoms with van der Waals surface area (Å²) in [5.41, 5.74) is 4.76. The summed E-state index contributed by atoms with van der Waals surface area (Å²) in [5, 5.41) is 12.0. The minimum Gasteiger partial charge on any atom is -0.361 e. The van der Waals surface area contributed by atoms with Crippen molar-refractivity contribution >= 4 is 22.8 Å². The number of rotatable bonds is 6. The molecule has 3 heterocycles. The third kappa shape index (κ3) is 4.23. The average molecular weight is 437 g/mol. The van der Waals surface area contributed by atoms with Crippen LogP contribution in [0.2, 0.25) is 0 Å². The molecule has 0 aliphatic carbocycles. The van der Waals surface area contributed by atoms with Gasteiger partial charge >= 0.3 is 0 Å². The van der Waals surface area contributed by atoms with Crippen LogP contribution in [0.4, 0.5) is 11.8 Å². The molecule has 0 fully saturated rings. The van der Waals surface area contributed by atoms with E-state index in [0.29, 0.717) is 5.95 Å². The van der Waals surface area contributed by atoms with E-state index in [0.717, 1.165) is 33.9 Å². The number of hydrogen-bond donors (Lipinski definition) is 1. The summed E-state index contributed by atoms with van der Waals surface area (Å²) in [6.07, 6.45) is 3.53. The van der Waals surface area contributed by atoms with Crippen molar-refractivity contribution in [3.8, 4) is 17.1 Å². The second-order valence-corrected chi connectivity index (χ2v) is 8.00. The summed E-state index contributed by atoms with van der Waals surface area (Å²) < 4.78 is 1.96. The smallest absolute Gasteiger partial charge is 0.225 e. The summed E-state index contributed by atoms with van der Waals surface area (Å²) in [6, 6.07) is 22.2. The Balaban J connectivity index is 1.42. The van der Waals surface area contributed by atoms with Crippen LogP contribution in [0.1, 0.15) is 18.5 Å². The molecule has 33 heavy (non-hydrogen) atoms. The van der Waals surface area contributed by atoms with Gasteiger partial charge in [0.25, 0.3) is 0 Å². The molecule has 1 unspecified atom stereocenters. The first-order chi connectivity index (χ1) is 16.1. The molecule has 2 aromatic carbocycles. The molecule has 0 amide bonds. The van der Waals surface area contributed by atoms with Gasteiger partial charge in [-0.3, -0.25) is 4.57 Å². The van der Waals surface area contributed by atoms with E-state index in [4.69, 9.17) is 4.98 Å². The highest BCUT2D eigenvalue weighted by molar-refractivity contribution is 5.82. The van der Waals surface area contributed by atoms with Gasteiger partial charge in [0.05, 0.1) is 22.8 Å².